The van der Waals surface area contributed by atoms with Gasteiger partial charge < -0.3 is 5.32 Å². The molecule has 2 amide bonds. The smallest absolute Gasteiger partial charge is 0.288 e. The number of anilines is 1. The molecule has 6 heteroatoms. The molecule has 3 rings (SSSR count). The second-order valence-corrected chi connectivity index (χ2v) is 5.63. The minimum atomic E-state index is -0.646. The Bertz CT molecular complexity index is 882. The third kappa shape index (κ3) is 4.08. The van der Waals surface area contributed by atoms with E-state index in [2.05, 4.69) is 27.6 Å². The van der Waals surface area contributed by atoms with E-state index in [1.165, 1.54) is 5.01 Å². The van der Waals surface area contributed by atoms with Crippen LogP contribution in [-0.4, -0.2) is 30.2 Å². The quantitative estimate of drug-likeness (QED) is 0.827. The highest BCUT2D eigenvalue weighted by Crippen LogP contribution is 2.15. The van der Waals surface area contributed by atoms with E-state index in [-0.39, 0.29) is 18.3 Å². The summed E-state index contributed by atoms with van der Waals surface area (Å²) < 4.78 is 0. The van der Waals surface area contributed by atoms with Crippen LogP contribution < -0.4 is 15.8 Å². The average Bonchev–Trinajstić information content (AvgIpc) is 2.68. The lowest BCUT2D eigenvalue weighted by atomic mass is 10.2. The first-order chi connectivity index (χ1) is 12.6. The van der Waals surface area contributed by atoms with E-state index >= 15 is 0 Å². The van der Waals surface area contributed by atoms with E-state index in [0.717, 1.165) is 5.56 Å². The van der Waals surface area contributed by atoms with Gasteiger partial charge in [0.2, 0.25) is 5.84 Å². The van der Waals surface area contributed by atoms with Crippen LogP contribution >= 0.6 is 0 Å². The number of aliphatic imine (C=N–C) groups is 1. The van der Waals surface area contributed by atoms with Crippen molar-refractivity contribution in [2.45, 2.75) is 13.0 Å². The van der Waals surface area contributed by atoms with Gasteiger partial charge in [0.1, 0.15) is 6.04 Å². The van der Waals surface area contributed by atoms with Crippen molar-refractivity contribution >= 4 is 23.3 Å². The fraction of sp³-hybridized carbons (Fsp3) is 0.150. The molecule has 1 atom stereocenters. The minimum Gasteiger partial charge on any atom is -0.338 e. The van der Waals surface area contributed by atoms with Crippen LogP contribution in [0, 0.1) is 11.8 Å². The number of hydrogen-bond acceptors (Lipinski definition) is 4. The first-order valence-electron chi connectivity index (χ1n) is 8.21. The number of hydrazine groups is 1. The molecule has 1 heterocycles. The molecule has 1 aliphatic rings. The number of nitrogens with zero attached hydrogens (tertiary/aromatic N) is 2. The summed E-state index contributed by atoms with van der Waals surface area (Å²) in [5, 5.41) is 4.02. The van der Waals surface area contributed by atoms with Crippen LogP contribution in [0.15, 0.2) is 65.7 Å². The van der Waals surface area contributed by atoms with Crippen LogP contribution in [0.4, 0.5) is 5.69 Å². The van der Waals surface area contributed by atoms with Crippen molar-refractivity contribution in [3.05, 3.63) is 66.2 Å². The van der Waals surface area contributed by atoms with Gasteiger partial charge in [-0.1, -0.05) is 48.2 Å². The molecule has 1 aliphatic heterocycles. The van der Waals surface area contributed by atoms with Gasteiger partial charge in [-0.25, -0.2) is 10.0 Å². The highest BCUT2D eigenvalue weighted by molar-refractivity contribution is 6.39. The zero-order valence-corrected chi connectivity index (χ0v) is 14.3. The maximum atomic E-state index is 12.3. The number of benzene rings is 2. The molecular formula is C20H18N4O2. The Morgan fingerprint density at radius 2 is 1.81 bits per heavy atom. The Morgan fingerprint density at radius 3 is 2.50 bits per heavy atom. The van der Waals surface area contributed by atoms with E-state index < -0.39 is 11.9 Å². The van der Waals surface area contributed by atoms with Gasteiger partial charge in [-0.2, -0.15) is 0 Å². The van der Waals surface area contributed by atoms with Gasteiger partial charge in [-0.3, -0.25) is 15.0 Å². The van der Waals surface area contributed by atoms with Crippen LogP contribution in [-0.2, 0) is 9.59 Å². The van der Waals surface area contributed by atoms with Gasteiger partial charge in [-0.15, -0.1) is 0 Å². The second-order valence-electron chi connectivity index (χ2n) is 5.63. The lowest BCUT2D eigenvalue weighted by Crippen LogP contribution is -2.58. The van der Waals surface area contributed by atoms with Crippen molar-refractivity contribution in [3.63, 3.8) is 0 Å². The van der Waals surface area contributed by atoms with Gasteiger partial charge in [0, 0.05) is 5.56 Å². The summed E-state index contributed by atoms with van der Waals surface area (Å²) in [5.74, 6) is 5.30. The first-order valence-corrected chi connectivity index (χ1v) is 8.21. The monoisotopic (exact) mass is 346 g/mol. The Balaban J connectivity index is 1.64. The van der Waals surface area contributed by atoms with Crippen molar-refractivity contribution in [1.82, 2.24) is 10.7 Å². The third-order valence-corrected chi connectivity index (χ3v) is 3.69. The zero-order chi connectivity index (χ0) is 18.4. The van der Waals surface area contributed by atoms with Gasteiger partial charge in [-0.05, 0) is 31.2 Å². The molecule has 0 radical (unpaired) electrons. The fourth-order valence-corrected chi connectivity index (χ4v) is 2.38. The second kappa shape index (κ2) is 7.99. The van der Waals surface area contributed by atoms with Crippen molar-refractivity contribution in [2.75, 3.05) is 11.6 Å². The van der Waals surface area contributed by atoms with Crippen LogP contribution in [0.3, 0.4) is 0 Å². The number of amidine groups is 1. The average molecular weight is 346 g/mol. The minimum absolute atomic E-state index is 0.0856. The molecule has 2 aromatic rings. The topological polar surface area (TPSA) is 73.8 Å². The number of hydrogen-bond donors (Lipinski definition) is 2. The maximum absolute atomic E-state index is 12.3. The van der Waals surface area contributed by atoms with Crippen LogP contribution in [0.1, 0.15) is 12.5 Å². The Hall–Kier alpha value is -3.59. The first kappa shape index (κ1) is 17.2. The van der Waals surface area contributed by atoms with E-state index in [0.29, 0.717) is 5.69 Å². The summed E-state index contributed by atoms with van der Waals surface area (Å²) in [4.78, 5) is 28.8. The predicted octanol–water partition coefficient (Wildman–Crippen LogP) is 1.49. The van der Waals surface area contributed by atoms with Gasteiger partial charge in [0.15, 0.2) is 0 Å². The number of carbonyl (C=O) groups is 2. The molecule has 0 saturated carbocycles. The standard InChI is InChI=1S/C20H18N4O2/c1-15-20(26)24(17-12-6-3-7-13-17)23-18(22-15)19(25)21-14-8-11-16-9-4-2-5-10-16/h2-7,9-10,12-13,15H,14H2,1H3,(H,21,25)(H,22,23). The summed E-state index contributed by atoms with van der Waals surface area (Å²) >= 11 is 0. The fourth-order valence-electron chi connectivity index (χ4n) is 2.38. The van der Waals surface area contributed by atoms with Crippen molar-refractivity contribution in [1.29, 1.82) is 0 Å². The number of nitrogens with one attached hydrogen (secondary N) is 2. The molecule has 1 unspecified atom stereocenters. The number of amides is 2. The summed E-state index contributed by atoms with van der Waals surface area (Å²) in [6, 6.07) is 17.9. The lowest BCUT2D eigenvalue weighted by Gasteiger charge is -2.30. The highest BCUT2D eigenvalue weighted by atomic mass is 16.2. The predicted molar refractivity (Wildman–Crippen MR) is 100 cm³/mol. The van der Waals surface area contributed by atoms with E-state index in [9.17, 15) is 9.59 Å². The Labute approximate surface area is 151 Å². The van der Waals surface area contributed by atoms with Crippen LogP contribution in [0.5, 0.6) is 0 Å². The van der Waals surface area contributed by atoms with Crippen LogP contribution in [0.2, 0.25) is 0 Å². The Morgan fingerprint density at radius 1 is 1.15 bits per heavy atom. The number of rotatable bonds is 3. The number of para-hydroxylation sites is 1. The van der Waals surface area contributed by atoms with Gasteiger partial charge >= 0.3 is 0 Å². The molecule has 0 aromatic heterocycles. The number of carbonyl (C=O) groups excluding carboxylic acids is 2. The summed E-state index contributed by atoms with van der Waals surface area (Å²) in [5.41, 5.74) is 4.31. The molecular weight excluding hydrogens is 328 g/mol. The third-order valence-electron chi connectivity index (χ3n) is 3.69. The molecule has 26 heavy (non-hydrogen) atoms. The summed E-state index contributed by atoms with van der Waals surface area (Å²) in [6.45, 7) is 1.84. The van der Waals surface area contributed by atoms with Crippen molar-refractivity contribution < 1.29 is 9.59 Å². The van der Waals surface area contributed by atoms with Crippen LogP contribution in [0.25, 0.3) is 0 Å². The van der Waals surface area contributed by atoms with Crippen molar-refractivity contribution in [3.8, 4) is 11.8 Å². The molecule has 2 aromatic carbocycles. The lowest BCUT2D eigenvalue weighted by molar-refractivity contribution is -0.120. The van der Waals surface area contributed by atoms with Crippen molar-refractivity contribution in [2.24, 2.45) is 4.99 Å². The SMILES string of the molecule is CC1N=C(C(=O)NCC#Cc2ccccc2)NN(c2ccccc2)C1=O. The normalized spacial score (nSPS) is 16.0. The molecule has 0 saturated heterocycles. The molecule has 130 valence electrons. The summed E-state index contributed by atoms with van der Waals surface area (Å²) in [6.07, 6.45) is 0. The van der Waals surface area contributed by atoms with E-state index in [1.807, 2.05) is 48.5 Å². The van der Waals surface area contributed by atoms with Gasteiger partial charge in [0.05, 0.1) is 12.2 Å². The molecule has 0 fully saturated rings. The Kier molecular flexibility index (Phi) is 5.30. The highest BCUT2D eigenvalue weighted by Gasteiger charge is 2.30. The molecule has 6 nitrogen and oxygen atoms in total. The molecule has 0 spiro atoms. The molecule has 0 bridgehead atoms. The van der Waals surface area contributed by atoms with Gasteiger partial charge in [0.25, 0.3) is 11.8 Å². The molecule has 0 aliphatic carbocycles. The zero-order valence-electron chi connectivity index (χ0n) is 14.3. The molecule has 2 N–H and O–H groups in total. The maximum Gasteiger partial charge on any atom is 0.288 e. The summed E-state index contributed by atoms with van der Waals surface area (Å²) in [7, 11) is 0. The largest absolute Gasteiger partial charge is 0.338 e. The van der Waals surface area contributed by atoms with E-state index in [4.69, 9.17) is 0 Å². The van der Waals surface area contributed by atoms with E-state index in [1.54, 1.807) is 19.1 Å².